The van der Waals surface area contributed by atoms with Crippen LogP contribution >= 0.6 is 0 Å². The van der Waals surface area contributed by atoms with Crippen LogP contribution in [0.3, 0.4) is 0 Å². The van der Waals surface area contributed by atoms with Gasteiger partial charge in [-0.05, 0) is 44.1 Å². The number of aliphatic carboxylic acids is 1. The fourth-order valence-electron chi connectivity index (χ4n) is 4.41. The molecule has 152 valence electrons. The number of amides is 2. The molecule has 2 fully saturated rings. The number of carboxylic acids is 1. The Morgan fingerprint density at radius 3 is 2.11 bits per heavy atom. The minimum Gasteiger partial charge on any atom is -0.481 e. The SMILES string of the molecule is O=C(O)CC(NC(=O)C1CCC(NC(=O)C2CCCC2)CC1)c1ccccc1. The van der Waals surface area contributed by atoms with E-state index in [0.29, 0.717) is 0 Å². The minimum absolute atomic E-state index is 0.0873. The first-order chi connectivity index (χ1) is 13.5. The molecule has 0 aliphatic heterocycles. The largest absolute Gasteiger partial charge is 0.481 e. The lowest BCUT2D eigenvalue weighted by molar-refractivity contribution is -0.138. The van der Waals surface area contributed by atoms with Crippen LogP contribution in [0.1, 0.15) is 69.4 Å². The number of benzene rings is 1. The van der Waals surface area contributed by atoms with Crippen LogP contribution in [-0.2, 0) is 14.4 Å². The van der Waals surface area contributed by atoms with Crippen LogP contribution in [0.2, 0.25) is 0 Å². The van der Waals surface area contributed by atoms with Gasteiger partial charge in [-0.25, -0.2) is 0 Å². The van der Waals surface area contributed by atoms with Gasteiger partial charge in [0.05, 0.1) is 12.5 Å². The summed E-state index contributed by atoms with van der Waals surface area (Å²) in [5, 5.41) is 15.3. The maximum Gasteiger partial charge on any atom is 0.305 e. The summed E-state index contributed by atoms with van der Waals surface area (Å²) in [6, 6.07) is 8.85. The Morgan fingerprint density at radius 1 is 0.893 bits per heavy atom. The number of hydrogen-bond donors (Lipinski definition) is 3. The van der Waals surface area contributed by atoms with Gasteiger partial charge in [0.2, 0.25) is 11.8 Å². The van der Waals surface area contributed by atoms with E-state index in [4.69, 9.17) is 0 Å². The van der Waals surface area contributed by atoms with Crippen molar-refractivity contribution in [3.63, 3.8) is 0 Å². The Balaban J connectivity index is 1.49. The van der Waals surface area contributed by atoms with E-state index in [1.165, 1.54) is 0 Å². The molecule has 3 N–H and O–H groups in total. The molecule has 1 atom stereocenters. The van der Waals surface area contributed by atoms with Gasteiger partial charge in [0.15, 0.2) is 0 Å². The molecule has 0 aromatic heterocycles. The first-order valence-electron chi connectivity index (χ1n) is 10.4. The molecule has 0 heterocycles. The minimum atomic E-state index is -0.938. The highest BCUT2D eigenvalue weighted by molar-refractivity contribution is 5.81. The summed E-state index contributed by atoms with van der Waals surface area (Å²) < 4.78 is 0. The van der Waals surface area contributed by atoms with Crippen molar-refractivity contribution in [3.8, 4) is 0 Å². The van der Waals surface area contributed by atoms with Gasteiger partial charge in [-0.15, -0.1) is 0 Å². The Kier molecular flexibility index (Phi) is 7.06. The van der Waals surface area contributed by atoms with E-state index in [2.05, 4.69) is 10.6 Å². The summed E-state index contributed by atoms with van der Waals surface area (Å²) in [6.07, 6.45) is 7.17. The molecule has 1 aromatic rings. The monoisotopic (exact) mass is 386 g/mol. The fraction of sp³-hybridized carbons (Fsp3) is 0.591. The van der Waals surface area contributed by atoms with Crippen molar-refractivity contribution in [3.05, 3.63) is 35.9 Å². The molecule has 1 unspecified atom stereocenters. The zero-order chi connectivity index (χ0) is 19.9. The Hall–Kier alpha value is -2.37. The molecule has 2 amide bonds. The molecule has 3 rings (SSSR count). The predicted molar refractivity (Wildman–Crippen MR) is 105 cm³/mol. The number of hydrogen-bond acceptors (Lipinski definition) is 3. The third-order valence-corrected chi connectivity index (χ3v) is 6.07. The smallest absolute Gasteiger partial charge is 0.305 e. The molecule has 6 heteroatoms. The van der Waals surface area contributed by atoms with Crippen molar-refractivity contribution in [2.45, 2.75) is 69.9 Å². The van der Waals surface area contributed by atoms with Crippen LogP contribution < -0.4 is 10.6 Å². The standard InChI is InChI=1S/C22H30N2O4/c25-20(26)14-19(15-6-2-1-3-7-15)24-22(28)17-10-12-18(13-11-17)23-21(27)16-8-4-5-9-16/h1-3,6-7,16-19H,4-5,8-14H2,(H,23,27)(H,24,28)(H,25,26). The highest BCUT2D eigenvalue weighted by Gasteiger charge is 2.31. The molecule has 2 aliphatic carbocycles. The maximum absolute atomic E-state index is 12.7. The average molecular weight is 386 g/mol. The quantitative estimate of drug-likeness (QED) is 0.671. The lowest BCUT2D eigenvalue weighted by atomic mass is 9.85. The van der Waals surface area contributed by atoms with Gasteiger partial charge < -0.3 is 15.7 Å². The molecule has 0 bridgehead atoms. The zero-order valence-corrected chi connectivity index (χ0v) is 16.2. The number of carboxylic acid groups (broad SMARTS) is 1. The van der Waals surface area contributed by atoms with Crippen LogP contribution in [0.15, 0.2) is 30.3 Å². The van der Waals surface area contributed by atoms with E-state index >= 15 is 0 Å². The van der Waals surface area contributed by atoms with Gasteiger partial charge in [0, 0.05) is 17.9 Å². The van der Waals surface area contributed by atoms with Gasteiger partial charge in [-0.3, -0.25) is 14.4 Å². The van der Waals surface area contributed by atoms with Gasteiger partial charge in [0.25, 0.3) is 0 Å². The van der Waals surface area contributed by atoms with E-state index in [-0.39, 0.29) is 36.1 Å². The number of nitrogens with one attached hydrogen (secondary N) is 2. The summed E-state index contributed by atoms with van der Waals surface area (Å²) in [5.41, 5.74) is 0.802. The first-order valence-corrected chi connectivity index (χ1v) is 10.4. The Morgan fingerprint density at radius 2 is 1.50 bits per heavy atom. The molecule has 2 saturated carbocycles. The van der Waals surface area contributed by atoms with Crippen molar-refractivity contribution in [1.82, 2.24) is 10.6 Å². The van der Waals surface area contributed by atoms with Crippen molar-refractivity contribution < 1.29 is 19.5 Å². The second-order valence-corrected chi connectivity index (χ2v) is 8.11. The number of carbonyl (C=O) groups excluding carboxylic acids is 2. The van der Waals surface area contributed by atoms with Gasteiger partial charge >= 0.3 is 5.97 Å². The predicted octanol–water partition coefficient (Wildman–Crippen LogP) is 3.18. The number of carbonyl (C=O) groups is 3. The normalized spacial score (nSPS) is 23.7. The lowest BCUT2D eigenvalue weighted by Gasteiger charge is -2.30. The molecule has 1 aromatic carbocycles. The summed E-state index contributed by atoms with van der Waals surface area (Å²) in [6.45, 7) is 0. The van der Waals surface area contributed by atoms with E-state index in [1.54, 1.807) is 0 Å². The molecule has 6 nitrogen and oxygen atoms in total. The van der Waals surface area contributed by atoms with Crippen LogP contribution in [0, 0.1) is 11.8 Å². The molecule has 0 radical (unpaired) electrons. The topological polar surface area (TPSA) is 95.5 Å². The van der Waals surface area contributed by atoms with Gasteiger partial charge in [-0.2, -0.15) is 0 Å². The fourth-order valence-corrected chi connectivity index (χ4v) is 4.41. The van der Waals surface area contributed by atoms with Crippen molar-refractivity contribution >= 4 is 17.8 Å². The first kappa shape index (κ1) is 20.4. The highest BCUT2D eigenvalue weighted by Crippen LogP contribution is 2.28. The van der Waals surface area contributed by atoms with Crippen LogP contribution in [-0.4, -0.2) is 28.9 Å². The summed E-state index contributed by atoms with van der Waals surface area (Å²) >= 11 is 0. The Labute approximate surface area is 166 Å². The van der Waals surface area contributed by atoms with E-state index in [9.17, 15) is 19.5 Å². The molecule has 0 spiro atoms. The van der Waals surface area contributed by atoms with E-state index in [0.717, 1.165) is 56.9 Å². The second-order valence-electron chi connectivity index (χ2n) is 8.11. The number of rotatable bonds is 7. The third kappa shape index (κ3) is 5.57. The van der Waals surface area contributed by atoms with Crippen molar-refractivity contribution in [2.24, 2.45) is 11.8 Å². The average Bonchev–Trinajstić information content (AvgIpc) is 3.23. The van der Waals surface area contributed by atoms with Crippen molar-refractivity contribution in [1.29, 1.82) is 0 Å². The van der Waals surface area contributed by atoms with Crippen molar-refractivity contribution in [2.75, 3.05) is 0 Å². The van der Waals surface area contributed by atoms with E-state index < -0.39 is 12.0 Å². The van der Waals surface area contributed by atoms with Crippen LogP contribution in [0.4, 0.5) is 0 Å². The third-order valence-electron chi connectivity index (χ3n) is 6.07. The Bertz CT molecular complexity index is 677. The molecule has 2 aliphatic rings. The summed E-state index contributed by atoms with van der Waals surface area (Å²) in [7, 11) is 0. The molecule has 28 heavy (non-hydrogen) atoms. The second kappa shape index (κ2) is 9.71. The molecule has 0 saturated heterocycles. The van der Waals surface area contributed by atoms with Gasteiger partial charge in [0.1, 0.15) is 0 Å². The summed E-state index contributed by atoms with van der Waals surface area (Å²) in [4.78, 5) is 36.2. The van der Waals surface area contributed by atoms with E-state index in [1.807, 2.05) is 30.3 Å². The zero-order valence-electron chi connectivity index (χ0n) is 16.2. The lowest BCUT2D eigenvalue weighted by Crippen LogP contribution is -2.43. The molecular weight excluding hydrogens is 356 g/mol. The molecular formula is C22H30N2O4. The maximum atomic E-state index is 12.7. The van der Waals surface area contributed by atoms with Gasteiger partial charge in [-0.1, -0.05) is 43.2 Å². The highest BCUT2D eigenvalue weighted by atomic mass is 16.4. The van der Waals surface area contributed by atoms with Crippen LogP contribution in [0.25, 0.3) is 0 Å². The van der Waals surface area contributed by atoms with Crippen LogP contribution in [0.5, 0.6) is 0 Å². The summed E-state index contributed by atoms with van der Waals surface area (Å²) in [5.74, 6) is -0.803.